The van der Waals surface area contributed by atoms with E-state index in [0.29, 0.717) is 23.4 Å². The van der Waals surface area contributed by atoms with Crippen LogP contribution >= 0.6 is 0 Å². The second-order valence-electron chi connectivity index (χ2n) is 7.08. The molecule has 7 heteroatoms. The van der Waals surface area contributed by atoms with Gasteiger partial charge in [0.2, 0.25) is 0 Å². The van der Waals surface area contributed by atoms with E-state index in [1.807, 2.05) is 18.9 Å². The smallest absolute Gasteiger partial charge is 0.308 e. The van der Waals surface area contributed by atoms with Gasteiger partial charge in [-0.15, -0.1) is 0 Å². The van der Waals surface area contributed by atoms with Crippen molar-refractivity contribution in [2.24, 2.45) is 5.92 Å². The Morgan fingerprint density at radius 2 is 1.93 bits per heavy atom. The lowest BCUT2D eigenvalue weighted by Gasteiger charge is -2.43. The Labute approximate surface area is 164 Å². The van der Waals surface area contributed by atoms with Crippen molar-refractivity contribution in [2.45, 2.75) is 32.2 Å². The van der Waals surface area contributed by atoms with Crippen LogP contribution in [0.3, 0.4) is 0 Å². The summed E-state index contributed by atoms with van der Waals surface area (Å²) >= 11 is 0. The van der Waals surface area contributed by atoms with Crippen LogP contribution in [0, 0.1) is 5.92 Å². The first-order valence-corrected chi connectivity index (χ1v) is 9.26. The van der Waals surface area contributed by atoms with E-state index in [1.54, 1.807) is 18.2 Å². The molecule has 0 radical (unpaired) electrons. The fourth-order valence-electron chi connectivity index (χ4n) is 4.20. The van der Waals surface area contributed by atoms with E-state index in [-0.39, 0.29) is 41.3 Å². The van der Waals surface area contributed by atoms with E-state index < -0.39 is 12.0 Å². The molecule has 7 nitrogen and oxygen atoms in total. The molecule has 0 spiro atoms. The third-order valence-electron chi connectivity index (χ3n) is 5.58. The Hall–Kier alpha value is -2.67. The van der Waals surface area contributed by atoms with Crippen molar-refractivity contribution in [3.05, 3.63) is 35.1 Å². The Morgan fingerprint density at radius 3 is 2.50 bits per heavy atom. The average Bonchev–Trinajstić information content (AvgIpc) is 2.67. The number of fused-ring (bicyclic) bond motifs is 3. The summed E-state index contributed by atoms with van der Waals surface area (Å²) < 4.78 is 16.1. The van der Waals surface area contributed by atoms with E-state index in [2.05, 4.69) is 0 Å². The Morgan fingerprint density at radius 1 is 1.21 bits per heavy atom. The number of ketones is 2. The standard InChI is InChI=1S/C21H25NO6/c1-6-22(3)19-14-10-17(27-5)15(24)9-13(14)18-12(20(19)25)7-8-16(26-4)21(18)28-11(2)23/h7-8,10,13-14,19H,6,9H2,1-5H3/t13?,14?,19-/m1/s1. The molecule has 0 aromatic heterocycles. The van der Waals surface area contributed by atoms with Gasteiger partial charge in [-0.05, 0) is 31.8 Å². The van der Waals surface area contributed by atoms with Gasteiger partial charge in [-0.25, -0.2) is 0 Å². The van der Waals surface area contributed by atoms with Crippen molar-refractivity contribution in [1.29, 1.82) is 0 Å². The van der Waals surface area contributed by atoms with Gasteiger partial charge in [-0.2, -0.15) is 0 Å². The molecular weight excluding hydrogens is 362 g/mol. The zero-order valence-corrected chi connectivity index (χ0v) is 16.8. The predicted octanol–water partition coefficient (Wildman–Crippen LogP) is 2.34. The van der Waals surface area contributed by atoms with Gasteiger partial charge in [0.1, 0.15) is 0 Å². The lowest BCUT2D eigenvalue weighted by atomic mass is 9.66. The number of hydrogen-bond acceptors (Lipinski definition) is 7. The Bertz CT molecular complexity index is 859. The van der Waals surface area contributed by atoms with Crippen LogP contribution in [0.5, 0.6) is 11.5 Å². The van der Waals surface area contributed by atoms with Gasteiger partial charge < -0.3 is 14.2 Å². The Kier molecular flexibility index (Phi) is 5.56. The normalized spacial score (nSPS) is 23.6. The highest BCUT2D eigenvalue weighted by atomic mass is 16.6. The number of allylic oxidation sites excluding steroid dienone is 1. The van der Waals surface area contributed by atoms with Crippen molar-refractivity contribution in [3.63, 3.8) is 0 Å². The molecule has 3 atom stereocenters. The highest BCUT2D eigenvalue weighted by Gasteiger charge is 2.48. The molecule has 150 valence electrons. The zero-order valence-electron chi connectivity index (χ0n) is 16.8. The van der Waals surface area contributed by atoms with Gasteiger partial charge in [0, 0.05) is 36.3 Å². The number of methoxy groups -OCH3 is 2. The topological polar surface area (TPSA) is 82.1 Å². The lowest BCUT2D eigenvalue weighted by molar-refractivity contribution is -0.132. The van der Waals surface area contributed by atoms with Crippen molar-refractivity contribution < 1.29 is 28.6 Å². The van der Waals surface area contributed by atoms with Crippen LogP contribution in [0.15, 0.2) is 24.0 Å². The molecule has 2 aliphatic rings. The number of esters is 1. The summed E-state index contributed by atoms with van der Waals surface area (Å²) in [5.41, 5.74) is 1.02. The van der Waals surface area contributed by atoms with Gasteiger partial charge in [-0.3, -0.25) is 19.3 Å². The monoisotopic (exact) mass is 387 g/mol. The lowest BCUT2D eigenvalue weighted by Crippen LogP contribution is -2.50. The van der Waals surface area contributed by atoms with Crippen molar-refractivity contribution in [2.75, 3.05) is 27.8 Å². The molecule has 2 unspecified atom stereocenters. The summed E-state index contributed by atoms with van der Waals surface area (Å²) in [4.78, 5) is 39.7. The third-order valence-corrected chi connectivity index (χ3v) is 5.58. The summed E-state index contributed by atoms with van der Waals surface area (Å²) in [7, 11) is 4.81. The number of carbonyl (C=O) groups excluding carboxylic acids is 3. The zero-order chi connectivity index (χ0) is 20.6. The molecular formula is C21H25NO6. The minimum atomic E-state index is -0.515. The average molecular weight is 387 g/mol. The first kappa shape index (κ1) is 20.1. The summed E-state index contributed by atoms with van der Waals surface area (Å²) in [5, 5.41) is 0. The second-order valence-corrected chi connectivity index (χ2v) is 7.08. The molecule has 0 bridgehead atoms. The van der Waals surface area contributed by atoms with Gasteiger partial charge in [0.05, 0.1) is 20.3 Å². The van der Waals surface area contributed by atoms with Gasteiger partial charge >= 0.3 is 5.97 Å². The van der Waals surface area contributed by atoms with E-state index in [4.69, 9.17) is 14.2 Å². The molecule has 1 aromatic carbocycles. The minimum Gasteiger partial charge on any atom is -0.493 e. The molecule has 28 heavy (non-hydrogen) atoms. The van der Waals surface area contributed by atoms with Crippen LogP contribution in [-0.4, -0.2) is 56.3 Å². The van der Waals surface area contributed by atoms with Crippen LogP contribution in [0.1, 0.15) is 42.1 Å². The molecule has 0 heterocycles. The van der Waals surface area contributed by atoms with Crippen LogP contribution in [0.4, 0.5) is 0 Å². The van der Waals surface area contributed by atoms with Crippen molar-refractivity contribution in [3.8, 4) is 11.5 Å². The first-order chi connectivity index (χ1) is 13.3. The van der Waals surface area contributed by atoms with Crippen molar-refractivity contribution in [1.82, 2.24) is 4.90 Å². The number of nitrogens with zero attached hydrogens (tertiary/aromatic N) is 1. The number of hydrogen-bond donors (Lipinski definition) is 0. The van der Waals surface area contributed by atoms with E-state index in [1.165, 1.54) is 21.1 Å². The summed E-state index contributed by atoms with van der Waals surface area (Å²) in [6.07, 6.45) is 1.91. The van der Waals surface area contributed by atoms with Crippen LogP contribution < -0.4 is 9.47 Å². The van der Waals surface area contributed by atoms with Gasteiger partial charge in [0.15, 0.2) is 28.8 Å². The predicted molar refractivity (Wildman–Crippen MR) is 102 cm³/mol. The maximum Gasteiger partial charge on any atom is 0.308 e. The summed E-state index contributed by atoms with van der Waals surface area (Å²) in [6.45, 7) is 3.95. The number of rotatable bonds is 5. The SMILES string of the molecule is CCN(C)[C@H]1C(=O)c2ccc(OC)c(OC(C)=O)c2C2CC(=O)C(OC)=CC21. The molecule has 2 aliphatic carbocycles. The molecule has 0 saturated heterocycles. The molecule has 0 amide bonds. The molecule has 1 aromatic rings. The fourth-order valence-corrected chi connectivity index (χ4v) is 4.20. The van der Waals surface area contributed by atoms with Gasteiger partial charge in [0.25, 0.3) is 0 Å². The molecule has 0 saturated carbocycles. The van der Waals surface area contributed by atoms with E-state index in [9.17, 15) is 14.4 Å². The molecule has 3 rings (SSSR count). The van der Waals surface area contributed by atoms with Crippen LogP contribution in [-0.2, 0) is 14.3 Å². The maximum absolute atomic E-state index is 13.4. The van der Waals surface area contributed by atoms with Crippen molar-refractivity contribution >= 4 is 17.5 Å². The van der Waals surface area contributed by atoms with Gasteiger partial charge in [-0.1, -0.05) is 6.92 Å². The van der Waals surface area contributed by atoms with E-state index in [0.717, 1.165) is 0 Å². The molecule has 0 fully saturated rings. The highest BCUT2D eigenvalue weighted by molar-refractivity contribution is 6.06. The number of carbonyl (C=O) groups is 3. The maximum atomic E-state index is 13.4. The minimum absolute atomic E-state index is 0.0716. The second kappa shape index (κ2) is 7.75. The third kappa shape index (κ3) is 3.20. The quantitative estimate of drug-likeness (QED) is 0.566. The molecule has 0 N–H and O–H groups in total. The fraction of sp³-hybridized carbons (Fsp3) is 0.476. The number of Topliss-reactive ketones (excluding diaryl/α,β-unsaturated/α-hetero) is 2. The highest BCUT2D eigenvalue weighted by Crippen LogP contribution is 2.50. The molecule has 0 aliphatic heterocycles. The van der Waals surface area contributed by atoms with Crippen LogP contribution in [0.25, 0.3) is 0 Å². The Balaban J connectivity index is 2.27. The summed E-state index contributed by atoms with van der Waals surface area (Å²) in [5.74, 6) is -0.479. The number of benzene rings is 1. The van der Waals surface area contributed by atoms with Crippen LogP contribution in [0.2, 0.25) is 0 Å². The first-order valence-electron chi connectivity index (χ1n) is 9.26. The van der Waals surface area contributed by atoms with E-state index >= 15 is 0 Å². The largest absolute Gasteiger partial charge is 0.493 e. The number of ether oxygens (including phenoxy) is 3. The number of likely N-dealkylation sites (N-methyl/N-ethyl adjacent to an activating group) is 1. The summed E-state index contributed by atoms with van der Waals surface area (Å²) in [6, 6.07) is 2.88.